The Balaban J connectivity index is 0. The largest absolute Gasteiger partial charge is 0.481 e. The summed E-state index contributed by atoms with van der Waals surface area (Å²) in [5.41, 5.74) is 7.50. The summed E-state index contributed by atoms with van der Waals surface area (Å²) in [6, 6.07) is 7.71. The van der Waals surface area contributed by atoms with Gasteiger partial charge in [-0.15, -0.1) is 24.8 Å². The van der Waals surface area contributed by atoms with Crippen molar-refractivity contribution in [3.05, 3.63) is 24.3 Å². The first-order chi connectivity index (χ1) is 9.93. The summed E-state index contributed by atoms with van der Waals surface area (Å²) < 4.78 is 0. The standard InChI is InChI=1S/C12H16N2O2.C3H7NO.2ClH/c13-10-1-3-11(4-2-10)14-7-5-9(6-8-14)12(15)16;1-4(2)3-5;;/h1-4,9H,5-8,13H2,(H,15,16);3H,1-2H3;2*1H. The highest BCUT2D eigenvalue weighted by molar-refractivity contribution is 5.85. The number of piperidine rings is 1. The lowest BCUT2D eigenvalue weighted by Crippen LogP contribution is -2.36. The molecule has 1 aromatic rings. The molecule has 1 saturated heterocycles. The summed E-state index contributed by atoms with van der Waals surface area (Å²) in [6.45, 7) is 1.61. The Hall–Kier alpha value is -1.66. The van der Waals surface area contributed by atoms with Crippen LogP contribution in [0.25, 0.3) is 0 Å². The van der Waals surface area contributed by atoms with Crippen LogP contribution in [-0.4, -0.2) is 49.6 Å². The van der Waals surface area contributed by atoms with Gasteiger partial charge in [0.2, 0.25) is 6.41 Å². The van der Waals surface area contributed by atoms with Gasteiger partial charge in [0.15, 0.2) is 0 Å². The van der Waals surface area contributed by atoms with E-state index in [0.29, 0.717) is 0 Å². The van der Waals surface area contributed by atoms with Crippen molar-refractivity contribution in [1.82, 2.24) is 4.90 Å². The highest BCUT2D eigenvalue weighted by Crippen LogP contribution is 2.23. The number of carbonyl (C=O) groups is 2. The lowest BCUT2D eigenvalue weighted by molar-refractivity contribution is -0.142. The molecule has 0 bridgehead atoms. The Bertz CT molecular complexity index is 462. The number of rotatable bonds is 3. The van der Waals surface area contributed by atoms with Gasteiger partial charge in [0.1, 0.15) is 0 Å². The fourth-order valence-corrected chi connectivity index (χ4v) is 2.07. The van der Waals surface area contributed by atoms with E-state index in [2.05, 4.69) is 4.90 Å². The Kier molecular flexibility index (Phi) is 12.2. The Morgan fingerprint density at radius 2 is 1.65 bits per heavy atom. The van der Waals surface area contributed by atoms with E-state index in [-0.39, 0.29) is 30.7 Å². The van der Waals surface area contributed by atoms with E-state index >= 15 is 0 Å². The molecule has 0 atom stereocenters. The van der Waals surface area contributed by atoms with E-state index in [1.54, 1.807) is 14.1 Å². The number of carboxylic acid groups (broad SMARTS) is 1. The lowest BCUT2D eigenvalue weighted by Gasteiger charge is -2.31. The van der Waals surface area contributed by atoms with Gasteiger partial charge < -0.3 is 20.6 Å². The molecule has 132 valence electrons. The molecule has 0 spiro atoms. The number of nitrogen functional groups attached to an aromatic ring is 1. The van der Waals surface area contributed by atoms with Gasteiger partial charge in [0.05, 0.1) is 5.92 Å². The number of benzene rings is 1. The third kappa shape index (κ3) is 8.52. The maximum absolute atomic E-state index is 10.8. The summed E-state index contributed by atoms with van der Waals surface area (Å²) in [7, 11) is 3.38. The molecular weight excluding hydrogens is 341 g/mol. The van der Waals surface area contributed by atoms with Crippen LogP contribution in [0.3, 0.4) is 0 Å². The maximum atomic E-state index is 10.8. The highest BCUT2D eigenvalue weighted by atomic mass is 35.5. The molecule has 6 nitrogen and oxygen atoms in total. The predicted octanol–water partition coefficient (Wildman–Crippen LogP) is 2.12. The minimum Gasteiger partial charge on any atom is -0.481 e. The highest BCUT2D eigenvalue weighted by Gasteiger charge is 2.24. The van der Waals surface area contributed by atoms with Crippen LogP contribution in [0.15, 0.2) is 24.3 Å². The Labute approximate surface area is 149 Å². The van der Waals surface area contributed by atoms with Gasteiger partial charge in [0, 0.05) is 38.6 Å². The van der Waals surface area contributed by atoms with Gasteiger partial charge in [-0.25, -0.2) is 0 Å². The molecule has 8 heteroatoms. The van der Waals surface area contributed by atoms with Gasteiger partial charge in [-0.2, -0.15) is 0 Å². The SMILES string of the molecule is CN(C)C=O.Cl.Cl.Nc1ccc(N2CCC(C(=O)O)CC2)cc1. The molecular formula is C15H25Cl2N3O3. The van der Waals surface area contributed by atoms with Crippen LogP contribution in [0, 0.1) is 5.92 Å². The second-order valence-corrected chi connectivity index (χ2v) is 5.26. The second-order valence-electron chi connectivity index (χ2n) is 5.26. The van der Waals surface area contributed by atoms with Crippen molar-refractivity contribution in [3.8, 4) is 0 Å². The normalized spacial score (nSPS) is 13.6. The Morgan fingerprint density at radius 1 is 1.22 bits per heavy atom. The number of hydrogen-bond acceptors (Lipinski definition) is 4. The Morgan fingerprint density at radius 3 is 2.00 bits per heavy atom. The minimum absolute atomic E-state index is 0. The summed E-state index contributed by atoms with van der Waals surface area (Å²) in [4.78, 5) is 23.9. The number of aliphatic carboxylic acids is 1. The third-order valence-electron chi connectivity index (χ3n) is 3.31. The molecule has 0 saturated carbocycles. The summed E-state index contributed by atoms with van der Waals surface area (Å²) in [6.07, 6.45) is 2.19. The summed E-state index contributed by atoms with van der Waals surface area (Å²) in [5, 5.41) is 8.90. The molecule has 0 aromatic heterocycles. The average molecular weight is 366 g/mol. The van der Waals surface area contributed by atoms with Crippen molar-refractivity contribution >= 4 is 48.6 Å². The van der Waals surface area contributed by atoms with Gasteiger partial charge >= 0.3 is 5.97 Å². The number of nitrogens with two attached hydrogens (primary N) is 1. The van der Waals surface area contributed by atoms with Gasteiger partial charge in [-0.05, 0) is 37.1 Å². The predicted molar refractivity (Wildman–Crippen MR) is 97.7 cm³/mol. The molecule has 0 radical (unpaired) electrons. The smallest absolute Gasteiger partial charge is 0.306 e. The number of amides is 1. The van der Waals surface area contributed by atoms with E-state index in [4.69, 9.17) is 10.8 Å². The van der Waals surface area contributed by atoms with E-state index in [9.17, 15) is 9.59 Å². The zero-order valence-corrected chi connectivity index (χ0v) is 15.0. The van der Waals surface area contributed by atoms with Crippen molar-refractivity contribution in [3.63, 3.8) is 0 Å². The number of anilines is 2. The molecule has 0 unspecified atom stereocenters. The molecule has 23 heavy (non-hydrogen) atoms. The van der Waals surface area contributed by atoms with Gasteiger partial charge in [-0.3, -0.25) is 9.59 Å². The van der Waals surface area contributed by atoms with E-state index in [0.717, 1.165) is 43.7 Å². The molecule has 1 amide bonds. The number of carboxylic acids is 1. The van der Waals surface area contributed by atoms with Crippen molar-refractivity contribution in [2.75, 3.05) is 37.8 Å². The van der Waals surface area contributed by atoms with Crippen LogP contribution < -0.4 is 10.6 Å². The van der Waals surface area contributed by atoms with Crippen LogP contribution in [0.1, 0.15) is 12.8 Å². The van der Waals surface area contributed by atoms with Crippen LogP contribution in [-0.2, 0) is 9.59 Å². The van der Waals surface area contributed by atoms with E-state index in [1.165, 1.54) is 4.90 Å². The fourth-order valence-electron chi connectivity index (χ4n) is 2.07. The first-order valence-electron chi connectivity index (χ1n) is 6.89. The number of halogens is 2. The van der Waals surface area contributed by atoms with Crippen molar-refractivity contribution in [2.24, 2.45) is 5.92 Å². The van der Waals surface area contributed by atoms with E-state index < -0.39 is 5.97 Å². The topological polar surface area (TPSA) is 86.9 Å². The molecule has 1 fully saturated rings. The lowest BCUT2D eigenvalue weighted by atomic mass is 9.97. The zero-order chi connectivity index (χ0) is 15.8. The molecule has 3 N–H and O–H groups in total. The first-order valence-corrected chi connectivity index (χ1v) is 6.89. The first kappa shape index (κ1) is 23.6. The number of hydrogen-bond donors (Lipinski definition) is 2. The molecule has 1 aliphatic heterocycles. The molecule has 1 aromatic carbocycles. The zero-order valence-electron chi connectivity index (χ0n) is 13.3. The van der Waals surface area contributed by atoms with Crippen LogP contribution in [0.5, 0.6) is 0 Å². The number of carbonyl (C=O) groups excluding carboxylic acids is 1. The second kappa shape index (κ2) is 11.8. The molecule has 2 rings (SSSR count). The molecule has 1 aliphatic rings. The molecule has 0 aliphatic carbocycles. The van der Waals surface area contributed by atoms with Crippen LogP contribution in [0.2, 0.25) is 0 Å². The minimum atomic E-state index is -0.669. The van der Waals surface area contributed by atoms with Crippen LogP contribution >= 0.6 is 24.8 Å². The fraction of sp³-hybridized carbons (Fsp3) is 0.467. The van der Waals surface area contributed by atoms with Crippen molar-refractivity contribution < 1.29 is 14.7 Å². The van der Waals surface area contributed by atoms with Gasteiger partial charge in [0.25, 0.3) is 0 Å². The number of nitrogens with zero attached hydrogens (tertiary/aromatic N) is 2. The average Bonchev–Trinajstić information content (AvgIpc) is 2.48. The quantitative estimate of drug-likeness (QED) is 0.632. The van der Waals surface area contributed by atoms with Gasteiger partial charge in [-0.1, -0.05) is 0 Å². The third-order valence-corrected chi connectivity index (χ3v) is 3.31. The summed E-state index contributed by atoms with van der Waals surface area (Å²) >= 11 is 0. The van der Waals surface area contributed by atoms with Crippen LogP contribution in [0.4, 0.5) is 11.4 Å². The van der Waals surface area contributed by atoms with Crippen molar-refractivity contribution in [2.45, 2.75) is 12.8 Å². The van der Waals surface area contributed by atoms with Crippen molar-refractivity contribution in [1.29, 1.82) is 0 Å². The monoisotopic (exact) mass is 365 g/mol. The summed E-state index contributed by atoms with van der Waals surface area (Å²) in [5.74, 6) is -0.845. The van der Waals surface area contributed by atoms with E-state index in [1.807, 2.05) is 24.3 Å². The molecule has 1 heterocycles. The maximum Gasteiger partial charge on any atom is 0.306 e.